The van der Waals surface area contributed by atoms with E-state index in [1.165, 1.54) is 7.11 Å². The number of amides is 1. The predicted octanol–water partition coefficient (Wildman–Crippen LogP) is 1.18. The molecule has 20 heavy (non-hydrogen) atoms. The number of ether oxygens (including phenoxy) is 1. The molecule has 0 radical (unpaired) electrons. The van der Waals surface area contributed by atoms with Crippen LogP contribution in [0.1, 0.15) is 21.9 Å². The van der Waals surface area contributed by atoms with Gasteiger partial charge in [-0.2, -0.15) is 0 Å². The molecular formula is C10H11N5O5. The van der Waals surface area contributed by atoms with Gasteiger partial charge in [-0.05, 0) is 13.8 Å². The number of anilines is 1. The van der Waals surface area contributed by atoms with E-state index in [2.05, 4.69) is 20.7 Å². The van der Waals surface area contributed by atoms with Crippen LogP contribution >= 0.6 is 0 Å². The van der Waals surface area contributed by atoms with Gasteiger partial charge in [0.15, 0.2) is 5.76 Å². The Hall–Kier alpha value is -2.91. The number of H-pyrrole nitrogens is 1. The molecule has 0 bridgehead atoms. The second-order valence-corrected chi connectivity index (χ2v) is 3.87. The lowest BCUT2D eigenvalue weighted by atomic mass is 10.3. The smallest absolute Gasteiger partial charge is 0.362 e. The molecule has 0 fully saturated rings. The highest BCUT2D eigenvalue weighted by molar-refractivity contribution is 6.06. The molecule has 0 spiro atoms. The molecule has 0 aromatic carbocycles. The molecule has 0 saturated carbocycles. The Bertz CT molecular complexity index is 654. The van der Waals surface area contributed by atoms with Crippen molar-refractivity contribution < 1.29 is 19.0 Å². The lowest BCUT2D eigenvalue weighted by molar-refractivity contribution is -0.386. The molecule has 0 atom stereocenters. The average molecular weight is 281 g/mol. The third-order valence-corrected chi connectivity index (χ3v) is 2.58. The monoisotopic (exact) mass is 281 g/mol. The molecule has 0 aliphatic rings. The Morgan fingerprint density at radius 3 is 2.70 bits per heavy atom. The summed E-state index contributed by atoms with van der Waals surface area (Å²) < 4.78 is 9.61. The molecule has 0 aliphatic heterocycles. The summed E-state index contributed by atoms with van der Waals surface area (Å²) in [5.41, 5.74) is -0.0218. The summed E-state index contributed by atoms with van der Waals surface area (Å²) in [5, 5.41) is 22.9. The number of aryl methyl sites for hydroxylation is 2. The number of rotatable bonds is 4. The van der Waals surface area contributed by atoms with E-state index in [1.54, 1.807) is 13.8 Å². The van der Waals surface area contributed by atoms with Crippen LogP contribution in [0.3, 0.4) is 0 Å². The zero-order valence-electron chi connectivity index (χ0n) is 10.9. The van der Waals surface area contributed by atoms with Gasteiger partial charge in [0.25, 0.3) is 5.91 Å². The van der Waals surface area contributed by atoms with Crippen molar-refractivity contribution in [1.29, 1.82) is 0 Å². The van der Waals surface area contributed by atoms with Crippen LogP contribution in [0.2, 0.25) is 0 Å². The van der Waals surface area contributed by atoms with E-state index in [9.17, 15) is 14.9 Å². The molecule has 10 nitrogen and oxygen atoms in total. The minimum atomic E-state index is -0.745. The van der Waals surface area contributed by atoms with Gasteiger partial charge in [-0.3, -0.25) is 20.0 Å². The third-order valence-electron chi connectivity index (χ3n) is 2.58. The van der Waals surface area contributed by atoms with Gasteiger partial charge in [-0.15, -0.1) is 5.10 Å². The number of carbonyl (C=O) groups excluding carboxylic acids is 1. The fourth-order valence-electron chi connectivity index (χ4n) is 1.63. The molecular weight excluding hydrogens is 270 g/mol. The van der Waals surface area contributed by atoms with Crippen LogP contribution in [0.5, 0.6) is 5.88 Å². The second-order valence-electron chi connectivity index (χ2n) is 3.87. The number of aromatic nitrogens is 3. The summed E-state index contributed by atoms with van der Waals surface area (Å²) in [4.78, 5) is 22.3. The number of methoxy groups -OCH3 is 1. The van der Waals surface area contributed by atoms with E-state index in [-0.39, 0.29) is 11.6 Å². The van der Waals surface area contributed by atoms with E-state index >= 15 is 0 Å². The second kappa shape index (κ2) is 4.99. The fraction of sp³-hybridized carbons (Fsp3) is 0.300. The van der Waals surface area contributed by atoms with Gasteiger partial charge in [-0.25, -0.2) is 0 Å². The molecule has 1 amide bonds. The van der Waals surface area contributed by atoms with E-state index in [0.29, 0.717) is 17.1 Å². The average Bonchev–Trinajstić information content (AvgIpc) is 2.96. The van der Waals surface area contributed by atoms with Crippen molar-refractivity contribution in [2.45, 2.75) is 13.8 Å². The summed E-state index contributed by atoms with van der Waals surface area (Å²) >= 11 is 0. The molecule has 2 N–H and O–H groups in total. The highest BCUT2D eigenvalue weighted by atomic mass is 16.6. The largest absolute Gasteiger partial charge is 0.475 e. The Labute approximate surface area is 112 Å². The Balaban J connectivity index is 2.35. The van der Waals surface area contributed by atoms with Crippen LogP contribution < -0.4 is 10.1 Å². The summed E-state index contributed by atoms with van der Waals surface area (Å²) in [7, 11) is 1.22. The minimum absolute atomic E-state index is 0.265. The van der Waals surface area contributed by atoms with Crippen LogP contribution in [-0.4, -0.2) is 33.3 Å². The maximum atomic E-state index is 12.1. The van der Waals surface area contributed by atoms with E-state index in [4.69, 9.17) is 9.26 Å². The summed E-state index contributed by atoms with van der Waals surface area (Å²) in [5.74, 6) is -0.606. The highest BCUT2D eigenvalue weighted by Crippen LogP contribution is 2.29. The van der Waals surface area contributed by atoms with Crippen molar-refractivity contribution >= 4 is 17.3 Å². The molecule has 0 saturated heterocycles. The lowest BCUT2D eigenvalue weighted by Crippen LogP contribution is -2.15. The van der Waals surface area contributed by atoms with Crippen LogP contribution in [0.4, 0.5) is 11.4 Å². The van der Waals surface area contributed by atoms with Gasteiger partial charge in [0.1, 0.15) is 11.4 Å². The van der Waals surface area contributed by atoms with Gasteiger partial charge in [-0.1, -0.05) is 5.16 Å². The van der Waals surface area contributed by atoms with Gasteiger partial charge in [0, 0.05) is 0 Å². The molecule has 2 aromatic heterocycles. The number of nitro groups is 1. The number of carbonyl (C=O) groups is 1. The fourth-order valence-corrected chi connectivity index (χ4v) is 1.63. The number of nitrogens with zero attached hydrogens (tertiary/aromatic N) is 3. The van der Waals surface area contributed by atoms with Crippen LogP contribution in [0.15, 0.2) is 4.52 Å². The van der Waals surface area contributed by atoms with Crippen molar-refractivity contribution in [1.82, 2.24) is 15.4 Å². The van der Waals surface area contributed by atoms with E-state index in [0.717, 1.165) is 0 Å². The molecule has 2 rings (SSSR count). The first-order chi connectivity index (χ1) is 9.45. The van der Waals surface area contributed by atoms with Crippen molar-refractivity contribution in [3.63, 3.8) is 0 Å². The summed E-state index contributed by atoms with van der Waals surface area (Å²) in [6.07, 6.45) is 0. The standard InChI is InChI=1S/C10H11N5O5/c1-4-6(5(2)20-14-4)11-9(16)7-8(15(17)18)10(19-3)13-12-7/h1-3H3,(H,11,16)(H,12,13). The zero-order chi connectivity index (χ0) is 14.9. The van der Waals surface area contributed by atoms with Gasteiger partial charge in [0.2, 0.25) is 5.69 Å². The molecule has 10 heteroatoms. The third kappa shape index (κ3) is 2.18. The van der Waals surface area contributed by atoms with Gasteiger partial charge in [0.05, 0.1) is 12.0 Å². The van der Waals surface area contributed by atoms with Crippen molar-refractivity contribution in [3.8, 4) is 5.88 Å². The van der Waals surface area contributed by atoms with E-state index < -0.39 is 16.5 Å². The van der Waals surface area contributed by atoms with Crippen LogP contribution in [0, 0.1) is 24.0 Å². The molecule has 106 valence electrons. The van der Waals surface area contributed by atoms with Crippen molar-refractivity contribution in [2.75, 3.05) is 12.4 Å². The SMILES string of the molecule is COc1n[nH]c(C(=O)Nc2c(C)noc2C)c1[N+](=O)[O-]. The lowest BCUT2D eigenvalue weighted by Gasteiger charge is -2.01. The number of hydrogen-bond acceptors (Lipinski definition) is 7. The van der Waals surface area contributed by atoms with Gasteiger partial charge < -0.3 is 14.6 Å². The first-order valence-electron chi connectivity index (χ1n) is 5.46. The maximum absolute atomic E-state index is 12.1. The van der Waals surface area contributed by atoms with Crippen LogP contribution in [-0.2, 0) is 0 Å². The first-order valence-corrected chi connectivity index (χ1v) is 5.46. The Morgan fingerprint density at radius 2 is 2.20 bits per heavy atom. The number of aromatic amines is 1. The molecule has 2 heterocycles. The topological polar surface area (TPSA) is 136 Å². The quantitative estimate of drug-likeness (QED) is 0.634. The maximum Gasteiger partial charge on any atom is 0.362 e. The Morgan fingerprint density at radius 1 is 1.50 bits per heavy atom. The minimum Gasteiger partial charge on any atom is -0.475 e. The van der Waals surface area contributed by atoms with Crippen molar-refractivity contribution in [3.05, 3.63) is 27.3 Å². The molecule has 2 aromatic rings. The molecule has 0 unspecified atom stereocenters. The van der Waals surface area contributed by atoms with Gasteiger partial charge >= 0.3 is 11.6 Å². The van der Waals surface area contributed by atoms with E-state index in [1.807, 2.05) is 0 Å². The summed E-state index contributed by atoms with van der Waals surface area (Å²) in [6, 6.07) is 0. The summed E-state index contributed by atoms with van der Waals surface area (Å²) in [6.45, 7) is 3.24. The van der Waals surface area contributed by atoms with Crippen molar-refractivity contribution in [2.24, 2.45) is 0 Å². The first kappa shape index (κ1) is 13.5. The molecule has 0 aliphatic carbocycles. The Kier molecular flexibility index (Phi) is 3.37. The normalized spacial score (nSPS) is 10.3. The predicted molar refractivity (Wildman–Crippen MR) is 65.7 cm³/mol. The number of nitrogens with one attached hydrogen (secondary N) is 2. The van der Waals surface area contributed by atoms with Crippen LogP contribution in [0.25, 0.3) is 0 Å². The number of hydrogen-bond donors (Lipinski definition) is 2. The zero-order valence-corrected chi connectivity index (χ0v) is 10.9. The highest BCUT2D eigenvalue weighted by Gasteiger charge is 2.30.